The van der Waals surface area contributed by atoms with E-state index in [1.165, 1.54) is 30.4 Å². The summed E-state index contributed by atoms with van der Waals surface area (Å²) in [6, 6.07) is 6.52. The summed E-state index contributed by atoms with van der Waals surface area (Å²) in [7, 11) is -3.18. The van der Waals surface area contributed by atoms with E-state index in [0.717, 1.165) is 4.90 Å². The van der Waals surface area contributed by atoms with Gasteiger partial charge in [0.15, 0.2) is 9.84 Å². The average Bonchev–Trinajstić information content (AvgIpc) is 2.39. The monoisotopic (exact) mass is 308 g/mol. The van der Waals surface area contributed by atoms with Gasteiger partial charge in [0.25, 0.3) is 0 Å². The third-order valence-electron chi connectivity index (χ3n) is 2.38. The third kappa shape index (κ3) is 3.55. The molecular weight excluding hydrogens is 296 g/mol. The van der Waals surface area contributed by atoms with Crippen molar-refractivity contribution in [1.29, 1.82) is 5.41 Å². The second-order valence-corrected chi connectivity index (χ2v) is 7.11. The summed E-state index contributed by atoms with van der Waals surface area (Å²) in [4.78, 5) is 9.26. The molecule has 8 heteroatoms. The molecular formula is C12H12N4O2S2. The second-order valence-electron chi connectivity index (χ2n) is 4.00. The molecule has 3 N–H and O–H groups in total. The van der Waals surface area contributed by atoms with Crippen LogP contribution in [0.1, 0.15) is 5.69 Å². The van der Waals surface area contributed by atoms with Crippen molar-refractivity contribution < 1.29 is 8.42 Å². The van der Waals surface area contributed by atoms with Crippen molar-refractivity contribution in [1.82, 2.24) is 9.97 Å². The van der Waals surface area contributed by atoms with Crippen LogP contribution in [0.4, 0.5) is 0 Å². The summed E-state index contributed by atoms with van der Waals surface area (Å²) < 4.78 is 22.7. The van der Waals surface area contributed by atoms with Gasteiger partial charge in [-0.25, -0.2) is 18.4 Å². The van der Waals surface area contributed by atoms with Gasteiger partial charge < -0.3 is 5.73 Å². The van der Waals surface area contributed by atoms with Gasteiger partial charge in [0, 0.05) is 11.2 Å². The van der Waals surface area contributed by atoms with Crippen LogP contribution in [0.5, 0.6) is 0 Å². The van der Waals surface area contributed by atoms with Gasteiger partial charge in [0.1, 0.15) is 16.6 Å². The molecule has 2 rings (SSSR count). The van der Waals surface area contributed by atoms with Gasteiger partial charge in [-0.05, 0) is 24.3 Å². The van der Waals surface area contributed by atoms with Gasteiger partial charge in [-0.1, -0.05) is 11.8 Å². The van der Waals surface area contributed by atoms with Crippen molar-refractivity contribution in [2.75, 3.05) is 6.26 Å². The van der Waals surface area contributed by atoms with Gasteiger partial charge in [-0.2, -0.15) is 0 Å². The average molecular weight is 308 g/mol. The molecule has 0 saturated heterocycles. The lowest BCUT2D eigenvalue weighted by molar-refractivity contribution is 0.602. The fourth-order valence-electron chi connectivity index (χ4n) is 1.38. The Bertz CT molecular complexity index is 725. The number of amidine groups is 1. The van der Waals surface area contributed by atoms with Crippen LogP contribution in [-0.2, 0) is 9.84 Å². The van der Waals surface area contributed by atoms with E-state index in [-0.39, 0.29) is 10.7 Å². The van der Waals surface area contributed by atoms with E-state index in [1.54, 1.807) is 24.3 Å². The Morgan fingerprint density at radius 1 is 1.20 bits per heavy atom. The highest BCUT2D eigenvalue weighted by atomic mass is 32.2. The summed E-state index contributed by atoms with van der Waals surface area (Å²) in [5.41, 5.74) is 5.61. The molecule has 0 spiro atoms. The van der Waals surface area contributed by atoms with Gasteiger partial charge >= 0.3 is 0 Å². The quantitative estimate of drug-likeness (QED) is 0.651. The van der Waals surface area contributed by atoms with E-state index < -0.39 is 9.84 Å². The van der Waals surface area contributed by atoms with Crippen LogP contribution in [-0.4, -0.2) is 30.5 Å². The number of nitrogens with one attached hydrogen (secondary N) is 1. The van der Waals surface area contributed by atoms with Crippen LogP contribution in [0.25, 0.3) is 0 Å². The van der Waals surface area contributed by atoms with Gasteiger partial charge in [-0.3, -0.25) is 5.41 Å². The molecule has 0 fully saturated rings. The molecule has 0 unspecified atom stereocenters. The fraction of sp³-hybridized carbons (Fsp3) is 0.0833. The van der Waals surface area contributed by atoms with E-state index in [0.29, 0.717) is 10.7 Å². The lowest BCUT2D eigenvalue weighted by Crippen LogP contribution is -2.13. The first kappa shape index (κ1) is 14.5. The van der Waals surface area contributed by atoms with Crippen molar-refractivity contribution >= 4 is 27.4 Å². The maximum atomic E-state index is 11.3. The predicted octanol–water partition coefficient (Wildman–Crippen LogP) is 1.32. The van der Waals surface area contributed by atoms with Crippen LogP contribution >= 0.6 is 11.8 Å². The zero-order chi connectivity index (χ0) is 14.8. The van der Waals surface area contributed by atoms with Gasteiger partial charge in [-0.15, -0.1) is 0 Å². The lowest BCUT2D eigenvalue weighted by atomic mass is 10.4. The normalized spacial score (nSPS) is 11.2. The Hall–Kier alpha value is -1.93. The minimum atomic E-state index is -3.18. The standard InChI is InChI=1S/C12H12N4O2S2/c1-20(17,18)9-4-2-8(3-5-9)19-11-7-15-10(6-16-11)12(13)14/h2-7H,1H3,(H3,13,14). The highest BCUT2D eigenvalue weighted by Crippen LogP contribution is 2.26. The number of nitrogens with zero attached hydrogens (tertiary/aromatic N) is 2. The molecule has 0 saturated carbocycles. The van der Waals surface area contributed by atoms with E-state index in [2.05, 4.69) is 9.97 Å². The maximum Gasteiger partial charge on any atom is 0.175 e. The topological polar surface area (TPSA) is 110 Å². The maximum absolute atomic E-state index is 11.3. The molecule has 20 heavy (non-hydrogen) atoms. The largest absolute Gasteiger partial charge is 0.382 e. The fourth-order valence-corrected chi connectivity index (χ4v) is 2.74. The van der Waals surface area contributed by atoms with Gasteiger partial charge in [0.2, 0.25) is 0 Å². The minimum Gasteiger partial charge on any atom is -0.382 e. The minimum absolute atomic E-state index is 0.133. The Balaban J connectivity index is 2.16. The first-order valence-electron chi connectivity index (χ1n) is 5.50. The molecule has 1 aromatic carbocycles. The Morgan fingerprint density at radius 3 is 2.30 bits per heavy atom. The third-order valence-corrected chi connectivity index (χ3v) is 4.43. The number of rotatable bonds is 4. The summed E-state index contributed by atoms with van der Waals surface area (Å²) >= 11 is 1.35. The molecule has 1 heterocycles. The van der Waals surface area contributed by atoms with Crippen LogP contribution < -0.4 is 5.73 Å². The van der Waals surface area contributed by atoms with Crippen molar-refractivity contribution in [3.63, 3.8) is 0 Å². The molecule has 2 aromatic rings. The molecule has 0 amide bonds. The number of nitrogens with two attached hydrogens (primary N) is 1. The van der Waals surface area contributed by atoms with E-state index in [1.807, 2.05) is 0 Å². The summed E-state index contributed by atoms with van der Waals surface area (Å²) in [5, 5.41) is 7.86. The number of nitrogen functional groups attached to an aromatic ring is 1. The Labute approximate surface area is 120 Å². The van der Waals surface area contributed by atoms with Crippen LogP contribution in [0.2, 0.25) is 0 Å². The number of benzene rings is 1. The smallest absolute Gasteiger partial charge is 0.175 e. The lowest BCUT2D eigenvalue weighted by Gasteiger charge is -2.03. The second kappa shape index (κ2) is 5.59. The van der Waals surface area contributed by atoms with E-state index in [9.17, 15) is 8.42 Å². The highest BCUT2D eigenvalue weighted by Gasteiger charge is 2.07. The molecule has 104 valence electrons. The van der Waals surface area contributed by atoms with Gasteiger partial charge in [0.05, 0.1) is 17.3 Å². The SMILES string of the molecule is CS(=O)(=O)c1ccc(Sc2cnc(C(=N)N)cn2)cc1. The highest BCUT2D eigenvalue weighted by molar-refractivity contribution is 7.99. The first-order chi connectivity index (χ1) is 9.36. The zero-order valence-corrected chi connectivity index (χ0v) is 12.2. The summed E-state index contributed by atoms with van der Waals surface area (Å²) in [6.45, 7) is 0. The van der Waals surface area contributed by atoms with Crippen LogP contribution in [0.15, 0.2) is 51.5 Å². The molecule has 0 atom stereocenters. The molecule has 0 aliphatic carbocycles. The number of hydrogen-bond acceptors (Lipinski definition) is 6. The summed E-state index contributed by atoms with van der Waals surface area (Å²) in [6.07, 6.45) is 4.11. The van der Waals surface area contributed by atoms with Crippen LogP contribution in [0, 0.1) is 5.41 Å². The van der Waals surface area contributed by atoms with Crippen molar-refractivity contribution in [3.05, 3.63) is 42.4 Å². The molecule has 0 bridgehead atoms. The number of sulfone groups is 1. The Kier molecular flexibility index (Phi) is 4.05. The molecule has 6 nitrogen and oxygen atoms in total. The first-order valence-corrected chi connectivity index (χ1v) is 8.21. The predicted molar refractivity (Wildman–Crippen MR) is 76.7 cm³/mol. The van der Waals surface area contributed by atoms with Crippen LogP contribution in [0.3, 0.4) is 0 Å². The Morgan fingerprint density at radius 2 is 1.85 bits per heavy atom. The number of hydrogen-bond donors (Lipinski definition) is 2. The van der Waals surface area contributed by atoms with Crippen molar-refractivity contribution in [2.24, 2.45) is 5.73 Å². The molecule has 1 aromatic heterocycles. The van der Waals surface area contributed by atoms with E-state index in [4.69, 9.17) is 11.1 Å². The molecule has 0 aliphatic rings. The van der Waals surface area contributed by atoms with Crippen molar-refractivity contribution in [3.8, 4) is 0 Å². The van der Waals surface area contributed by atoms with Crippen molar-refractivity contribution in [2.45, 2.75) is 14.8 Å². The van der Waals surface area contributed by atoms with E-state index >= 15 is 0 Å². The summed E-state index contributed by atoms with van der Waals surface area (Å²) in [5.74, 6) is -0.133. The number of aromatic nitrogens is 2. The molecule has 0 aliphatic heterocycles. The zero-order valence-electron chi connectivity index (χ0n) is 10.6. The molecule has 0 radical (unpaired) electrons.